The predicted molar refractivity (Wildman–Crippen MR) is 64.7 cm³/mol. The van der Waals surface area contributed by atoms with Crippen LogP contribution < -0.4 is 5.32 Å². The van der Waals surface area contributed by atoms with Crippen molar-refractivity contribution in [2.24, 2.45) is 11.3 Å². The molecular formula is C14H17FN2. The fourth-order valence-corrected chi connectivity index (χ4v) is 2.07. The van der Waals surface area contributed by atoms with E-state index in [1.54, 1.807) is 12.1 Å². The molecule has 90 valence electrons. The van der Waals surface area contributed by atoms with Gasteiger partial charge in [0, 0.05) is 12.1 Å². The van der Waals surface area contributed by atoms with Crippen molar-refractivity contribution in [1.29, 1.82) is 5.26 Å². The lowest BCUT2D eigenvalue weighted by Gasteiger charge is -2.07. The van der Waals surface area contributed by atoms with Crippen molar-refractivity contribution < 1.29 is 4.39 Å². The van der Waals surface area contributed by atoms with Crippen molar-refractivity contribution in [3.63, 3.8) is 0 Å². The van der Waals surface area contributed by atoms with E-state index in [9.17, 15) is 4.39 Å². The third-order valence-corrected chi connectivity index (χ3v) is 3.61. The van der Waals surface area contributed by atoms with E-state index < -0.39 is 0 Å². The summed E-state index contributed by atoms with van der Waals surface area (Å²) in [5.41, 5.74) is 1.45. The Morgan fingerprint density at radius 2 is 2.24 bits per heavy atom. The summed E-state index contributed by atoms with van der Waals surface area (Å²) in [7, 11) is 0. The Bertz CT molecular complexity index is 460. The molecule has 1 unspecified atom stereocenters. The van der Waals surface area contributed by atoms with Gasteiger partial charge in [-0.1, -0.05) is 19.9 Å². The molecule has 17 heavy (non-hydrogen) atoms. The van der Waals surface area contributed by atoms with E-state index in [0.717, 1.165) is 6.54 Å². The smallest absolute Gasteiger partial charge is 0.129 e. The number of hydrogen-bond donors (Lipinski definition) is 1. The number of nitrogens with one attached hydrogen (secondary N) is 1. The van der Waals surface area contributed by atoms with Crippen LogP contribution in [-0.4, -0.2) is 6.54 Å². The molecule has 2 nitrogen and oxygen atoms in total. The highest BCUT2D eigenvalue weighted by atomic mass is 19.1. The maximum absolute atomic E-state index is 13.5. The number of nitrogens with zero attached hydrogens (tertiary/aromatic N) is 1. The zero-order valence-corrected chi connectivity index (χ0v) is 10.3. The topological polar surface area (TPSA) is 35.8 Å². The Hall–Kier alpha value is -1.40. The van der Waals surface area contributed by atoms with Gasteiger partial charge >= 0.3 is 0 Å². The van der Waals surface area contributed by atoms with Crippen LogP contribution in [0.4, 0.5) is 4.39 Å². The lowest BCUT2D eigenvalue weighted by Crippen LogP contribution is -2.18. The second-order valence-electron chi connectivity index (χ2n) is 5.44. The van der Waals surface area contributed by atoms with Crippen molar-refractivity contribution in [3.05, 3.63) is 35.1 Å². The zero-order chi connectivity index (χ0) is 12.5. The molecule has 1 aromatic carbocycles. The fourth-order valence-electron chi connectivity index (χ4n) is 2.07. The lowest BCUT2D eigenvalue weighted by atomic mass is 10.1. The average molecular weight is 232 g/mol. The third kappa shape index (κ3) is 2.83. The summed E-state index contributed by atoms with van der Waals surface area (Å²) < 4.78 is 13.5. The van der Waals surface area contributed by atoms with Crippen molar-refractivity contribution in [2.45, 2.75) is 26.8 Å². The van der Waals surface area contributed by atoms with Gasteiger partial charge < -0.3 is 5.32 Å². The van der Waals surface area contributed by atoms with E-state index in [2.05, 4.69) is 19.2 Å². The summed E-state index contributed by atoms with van der Waals surface area (Å²) in [5, 5.41) is 11.9. The highest BCUT2D eigenvalue weighted by Crippen LogP contribution is 2.50. The minimum Gasteiger partial charge on any atom is -0.312 e. The second-order valence-corrected chi connectivity index (χ2v) is 5.44. The predicted octanol–water partition coefficient (Wildman–Crippen LogP) is 2.83. The molecule has 0 aliphatic heterocycles. The molecule has 0 spiro atoms. The third-order valence-electron chi connectivity index (χ3n) is 3.61. The molecule has 3 heteroatoms. The summed E-state index contributed by atoms with van der Waals surface area (Å²) in [4.78, 5) is 0. The summed E-state index contributed by atoms with van der Waals surface area (Å²) in [6.07, 6.45) is 1.25. The van der Waals surface area contributed by atoms with E-state index in [1.165, 1.54) is 12.5 Å². The highest BCUT2D eigenvalue weighted by molar-refractivity contribution is 5.32. The van der Waals surface area contributed by atoms with Gasteiger partial charge in [-0.15, -0.1) is 0 Å². The van der Waals surface area contributed by atoms with Gasteiger partial charge in [-0.2, -0.15) is 5.26 Å². The first-order valence-corrected chi connectivity index (χ1v) is 5.92. The number of rotatable bonds is 4. The molecule has 1 aromatic rings. The van der Waals surface area contributed by atoms with Crippen LogP contribution >= 0.6 is 0 Å². The fraction of sp³-hybridized carbons (Fsp3) is 0.500. The zero-order valence-electron chi connectivity index (χ0n) is 10.3. The second kappa shape index (κ2) is 4.46. The van der Waals surface area contributed by atoms with E-state index in [-0.39, 0.29) is 5.82 Å². The van der Waals surface area contributed by atoms with E-state index in [4.69, 9.17) is 5.26 Å². The maximum atomic E-state index is 13.5. The Labute approximate surface area is 101 Å². The minimum absolute atomic E-state index is 0.299. The van der Waals surface area contributed by atoms with Crippen LogP contribution in [-0.2, 0) is 6.54 Å². The minimum atomic E-state index is -0.299. The standard InChI is InChI=1S/C14H17FN2/c1-14(2)6-12(14)9-17-8-11-4-3-10(7-16)5-13(11)15/h3-5,12,17H,6,8-9H2,1-2H3. The Morgan fingerprint density at radius 1 is 1.53 bits per heavy atom. The van der Waals surface area contributed by atoms with Crippen molar-refractivity contribution in [2.75, 3.05) is 6.54 Å². The molecule has 0 heterocycles. The summed E-state index contributed by atoms with van der Waals surface area (Å²) in [6.45, 7) is 5.97. The Morgan fingerprint density at radius 3 is 2.76 bits per heavy atom. The van der Waals surface area contributed by atoms with Crippen molar-refractivity contribution >= 4 is 0 Å². The van der Waals surface area contributed by atoms with Gasteiger partial charge in [0.15, 0.2) is 0 Å². The van der Waals surface area contributed by atoms with Crippen LogP contribution in [0.5, 0.6) is 0 Å². The molecule has 0 amide bonds. The van der Waals surface area contributed by atoms with Gasteiger partial charge in [0.25, 0.3) is 0 Å². The average Bonchev–Trinajstić information content (AvgIpc) is 2.89. The molecule has 1 atom stereocenters. The first-order valence-electron chi connectivity index (χ1n) is 5.92. The van der Waals surface area contributed by atoms with Crippen molar-refractivity contribution in [1.82, 2.24) is 5.32 Å². The molecule has 0 aromatic heterocycles. The first-order chi connectivity index (χ1) is 8.03. The molecule has 0 radical (unpaired) electrons. The molecule has 2 rings (SSSR count). The summed E-state index contributed by atoms with van der Waals surface area (Å²) >= 11 is 0. The number of nitriles is 1. The van der Waals surface area contributed by atoms with E-state index in [0.29, 0.717) is 29.0 Å². The largest absolute Gasteiger partial charge is 0.312 e. The monoisotopic (exact) mass is 232 g/mol. The van der Waals surface area contributed by atoms with Crippen LogP contribution in [0, 0.1) is 28.5 Å². The van der Waals surface area contributed by atoms with Gasteiger partial charge in [0.05, 0.1) is 11.6 Å². The molecule has 1 aliphatic carbocycles. The van der Waals surface area contributed by atoms with Crippen LogP contribution in [0.25, 0.3) is 0 Å². The normalized spacial score (nSPS) is 20.9. The van der Waals surface area contributed by atoms with E-state index >= 15 is 0 Å². The molecule has 0 bridgehead atoms. The Kier molecular flexibility index (Phi) is 3.17. The van der Waals surface area contributed by atoms with Gasteiger partial charge in [0.2, 0.25) is 0 Å². The number of benzene rings is 1. The SMILES string of the molecule is CC1(C)CC1CNCc1ccc(C#N)cc1F. The maximum Gasteiger partial charge on any atom is 0.129 e. The van der Waals surface area contributed by atoms with Crippen LogP contribution in [0.2, 0.25) is 0 Å². The molecule has 1 N–H and O–H groups in total. The van der Waals surface area contributed by atoms with Gasteiger partial charge in [-0.05, 0) is 36.4 Å². The summed E-state index contributed by atoms with van der Waals surface area (Å²) in [6, 6.07) is 6.55. The van der Waals surface area contributed by atoms with Crippen LogP contribution in [0.1, 0.15) is 31.4 Å². The lowest BCUT2D eigenvalue weighted by molar-refractivity contribution is 0.512. The number of halogens is 1. The highest BCUT2D eigenvalue weighted by Gasteiger charge is 2.44. The van der Waals surface area contributed by atoms with Crippen LogP contribution in [0.15, 0.2) is 18.2 Å². The molecular weight excluding hydrogens is 215 g/mol. The van der Waals surface area contributed by atoms with E-state index in [1.807, 2.05) is 6.07 Å². The van der Waals surface area contributed by atoms with Gasteiger partial charge in [0.1, 0.15) is 5.82 Å². The first kappa shape index (κ1) is 12.1. The van der Waals surface area contributed by atoms with Gasteiger partial charge in [-0.3, -0.25) is 0 Å². The summed E-state index contributed by atoms with van der Waals surface area (Å²) in [5.74, 6) is 0.413. The Balaban J connectivity index is 1.85. The van der Waals surface area contributed by atoms with Crippen LogP contribution in [0.3, 0.4) is 0 Å². The molecule has 1 fully saturated rings. The molecule has 1 aliphatic rings. The van der Waals surface area contributed by atoms with Gasteiger partial charge in [-0.25, -0.2) is 4.39 Å². The number of hydrogen-bond acceptors (Lipinski definition) is 2. The quantitative estimate of drug-likeness (QED) is 0.866. The van der Waals surface area contributed by atoms with Crippen molar-refractivity contribution in [3.8, 4) is 6.07 Å². The molecule has 1 saturated carbocycles. The molecule has 0 saturated heterocycles.